The summed E-state index contributed by atoms with van der Waals surface area (Å²) >= 11 is 0. The highest BCUT2D eigenvalue weighted by Crippen LogP contribution is 2.07. The van der Waals surface area contributed by atoms with Crippen LogP contribution < -0.4 is 0 Å². The monoisotopic (exact) mass is 169 g/mol. The molecule has 1 heterocycles. The molecule has 2 N–H and O–H groups in total. The van der Waals surface area contributed by atoms with Crippen molar-refractivity contribution in [1.29, 1.82) is 0 Å². The second-order valence-electron chi connectivity index (χ2n) is 2.93. The predicted octanol–water partition coefficient (Wildman–Crippen LogP) is 0.324. The molecule has 66 valence electrons. The normalized spacial score (nSPS) is 15.5. The molecule has 0 spiro atoms. The van der Waals surface area contributed by atoms with Gasteiger partial charge in [0, 0.05) is 12.4 Å². The lowest BCUT2D eigenvalue weighted by molar-refractivity contribution is -0.157. The first kappa shape index (κ1) is 8.80. The van der Waals surface area contributed by atoms with Gasteiger partial charge in [-0.25, -0.2) is 4.79 Å². The number of carbonyl (C=O) groups is 1. The summed E-state index contributed by atoms with van der Waals surface area (Å²) in [5.74, 6) is -1.21. The molecule has 0 saturated heterocycles. The minimum Gasteiger partial charge on any atom is -0.479 e. The van der Waals surface area contributed by atoms with Crippen molar-refractivity contribution in [3.05, 3.63) is 24.5 Å². The van der Waals surface area contributed by atoms with E-state index >= 15 is 0 Å². The molecule has 0 aliphatic carbocycles. The Hall–Kier alpha value is -1.29. The summed E-state index contributed by atoms with van der Waals surface area (Å²) in [7, 11) is 0. The van der Waals surface area contributed by atoms with E-state index in [-0.39, 0.29) is 6.54 Å². The molecule has 1 aromatic heterocycles. The van der Waals surface area contributed by atoms with Gasteiger partial charge in [0.05, 0.1) is 6.54 Å². The van der Waals surface area contributed by atoms with Gasteiger partial charge < -0.3 is 14.8 Å². The van der Waals surface area contributed by atoms with Crippen molar-refractivity contribution in [1.82, 2.24) is 4.57 Å². The lowest BCUT2D eigenvalue weighted by Crippen LogP contribution is -2.39. The fraction of sp³-hybridized carbons (Fsp3) is 0.375. The standard InChI is InChI=1S/C8H11NO3/c1-8(12,7(10)11)6-9-4-2-3-5-9/h2-5,12H,6H2,1H3,(H,10,11). The molecular formula is C8H11NO3. The average Bonchev–Trinajstić information content (AvgIpc) is 2.38. The Morgan fingerprint density at radius 2 is 2.00 bits per heavy atom. The van der Waals surface area contributed by atoms with Gasteiger partial charge in [0.25, 0.3) is 0 Å². The Bertz CT molecular complexity index is 264. The van der Waals surface area contributed by atoms with Crippen molar-refractivity contribution < 1.29 is 15.0 Å². The van der Waals surface area contributed by atoms with Gasteiger partial charge in [0.2, 0.25) is 0 Å². The summed E-state index contributed by atoms with van der Waals surface area (Å²) in [5.41, 5.74) is -1.70. The summed E-state index contributed by atoms with van der Waals surface area (Å²) in [4.78, 5) is 10.5. The SMILES string of the molecule is CC(O)(Cn1cccc1)C(=O)O. The van der Waals surface area contributed by atoms with E-state index in [1.165, 1.54) is 6.92 Å². The lowest BCUT2D eigenvalue weighted by Gasteiger charge is -2.18. The van der Waals surface area contributed by atoms with E-state index in [9.17, 15) is 9.90 Å². The number of rotatable bonds is 3. The molecule has 4 nitrogen and oxygen atoms in total. The van der Waals surface area contributed by atoms with E-state index in [1.54, 1.807) is 29.1 Å². The number of aromatic nitrogens is 1. The van der Waals surface area contributed by atoms with Crippen LogP contribution >= 0.6 is 0 Å². The van der Waals surface area contributed by atoms with Crippen molar-refractivity contribution in [2.24, 2.45) is 0 Å². The van der Waals surface area contributed by atoms with Crippen LogP contribution in [0, 0.1) is 0 Å². The van der Waals surface area contributed by atoms with E-state index in [0.29, 0.717) is 0 Å². The van der Waals surface area contributed by atoms with Crippen LogP contribution in [0.3, 0.4) is 0 Å². The van der Waals surface area contributed by atoms with E-state index in [0.717, 1.165) is 0 Å². The quantitative estimate of drug-likeness (QED) is 0.685. The number of nitrogens with zero attached hydrogens (tertiary/aromatic N) is 1. The molecule has 0 bridgehead atoms. The highest BCUT2D eigenvalue weighted by Gasteiger charge is 2.29. The van der Waals surface area contributed by atoms with Crippen LogP contribution in [0.4, 0.5) is 0 Å². The highest BCUT2D eigenvalue weighted by atomic mass is 16.4. The van der Waals surface area contributed by atoms with Crippen LogP contribution in [-0.2, 0) is 11.3 Å². The third kappa shape index (κ3) is 1.85. The first-order chi connectivity index (χ1) is 5.52. The van der Waals surface area contributed by atoms with E-state index in [1.807, 2.05) is 0 Å². The Balaban J connectivity index is 2.69. The van der Waals surface area contributed by atoms with Gasteiger partial charge in [-0.3, -0.25) is 0 Å². The van der Waals surface area contributed by atoms with Crippen LogP contribution in [-0.4, -0.2) is 26.4 Å². The zero-order chi connectivity index (χ0) is 9.19. The molecule has 0 fully saturated rings. The van der Waals surface area contributed by atoms with Crippen molar-refractivity contribution in [2.45, 2.75) is 19.1 Å². The molecular weight excluding hydrogens is 158 g/mol. The number of aliphatic carboxylic acids is 1. The molecule has 12 heavy (non-hydrogen) atoms. The summed E-state index contributed by atoms with van der Waals surface area (Å²) in [6.07, 6.45) is 3.41. The van der Waals surface area contributed by atoms with Crippen LogP contribution in [0.2, 0.25) is 0 Å². The van der Waals surface area contributed by atoms with Crippen molar-refractivity contribution in [3.63, 3.8) is 0 Å². The topological polar surface area (TPSA) is 62.5 Å². The van der Waals surface area contributed by atoms with E-state index < -0.39 is 11.6 Å². The first-order valence-corrected chi connectivity index (χ1v) is 3.59. The third-order valence-electron chi connectivity index (χ3n) is 1.62. The Kier molecular flexibility index (Phi) is 2.19. The third-order valence-corrected chi connectivity index (χ3v) is 1.62. The molecule has 1 rings (SSSR count). The maximum absolute atomic E-state index is 10.5. The molecule has 4 heteroatoms. The van der Waals surface area contributed by atoms with Gasteiger partial charge in [0.1, 0.15) is 0 Å². The fourth-order valence-corrected chi connectivity index (χ4v) is 0.899. The van der Waals surface area contributed by atoms with Crippen molar-refractivity contribution >= 4 is 5.97 Å². The number of hydrogen-bond donors (Lipinski definition) is 2. The molecule has 0 amide bonds. The molecule has 0 saturated carbocycles. The average molecular weight is 169 g/mol. The zero-order valence-electron chi connectivity index (χ0n) is 6.77. The fourth-order valence-electron chi connectivity index (χ4n) is 0.899. The van der Waals surface area contributed by atoms with Gasteiger partial charge in [0.15, 0.2) is 5.60 Å². The predicted molar refractivity (Wildman–Crippen MR) is 42.7 cm³/mol. The lowest BCUT2D eigenvalue weighted by atomic mass is 10.1. The molecule has 1 atom stereocenters. The van der Waals surface area contributed by atoms with Gasteiger partial charge in [-0.2, -0.15) is 0 Å². The minimum absolute atomic E-state index is 0.0648. The summed E-state index contributed by atoms with van der Waals surface area (Å²) < 4.78 is 1.62. The zero-order valence-corrected chi connectivity index (χ0v) is 6.77. The molecule has 0 aliphatic heterocycles. The largest absolute Gasteiger partial charge is 0.479 e. The Morgan fingerprint density at radius 3 is 2.42 bits per heavy atom. The van der Waals surface area contributed by atoms with Crippen LogP contribution in [0.1, 0.15) is 6.92 Å². The van der Waals surface area contributed by atoms with Crippen LogP contribution in [0.5, 0.6) is 0 Å². The molecule has 0 aliphatic rings. The highest BCUT2D eigenvalue weighted by molar-refractivity contribution is 5.76. The number of carboxylic acids is 1. The number of aliphatic hydroxyl groups is 1. The summed E-state index contributed by atoms with van der Waals surface area (Å²) in [5, 5.41) is 17.9. The summed E-state index contributed by atoms with van der Waals surface area (Å²) in [6, 6.07) is 3.55. The Labute approximate surface area is 70.1 Å². The van der Waals surface area contributed by atoms with E-state index in [2.05, 4.69) is 0 Å². The molecule has 1 aromatic rings. The smallest absolute Gasteiger partial charge is 0.337 e. The van der Waals surface area contributed by atoms with Gasteiger partial charge in [-0.05, 0) is 19.1 Å². The number of carboxylic acid groups (broad SMARTS) is 1. The second-order valence-corrected chi connectivity index (χ2v) is 2.93. The van der Waals surface area contributed by atoms with Gasteiger partial charge >= 0.3 is 5.97 Å². The maximum atomic E-state index is 10.5. The van der Waals surface area contributed by atoms with E-state index in [4.69, 9.17) is 5.11 Å². The first-order valence-electron chi connectivity index (χ1n) is 3.59. The van der Waals surface area contributed by atoms with Crippen LogP contribution in [0.15, 0.2) is 24.5 Å². The molecule has 1 unspecified atom stereocenters. The molecule has 0 aromatic carbocycles. The Morgan fingerprint density at radius 1 is 1.50 bits per heavy atom. The minimum atomic E-state index is -1.70. The second kappa shape index (κ2) is 2.98. The van der Waals surface area contributed by atoms with Gasteiger partial charge in [-0.15, -0.1) is 0 Å². The van der Waals surface area contributed by atoms with Crippen molar-refractivity contribution in [2.75, 3.05) is 0 Å². The maximum Gasteiger partial charge on any atom is 0.337 e. The van der Waals surface area contributed by atoms with Crippen LogP contribution in [0.25, 0.3) is 0 Å². The number of hydrogen-bond acceptors (Lipinski definition) is 2. The van der Waals surface area contributed by atoms with Gasteiger partial charge in [-0.1, -0.05) is 0 Å². The summed E-state index contributed by atoms with van der Waals surface area (Å²) in [6.45, 7) is 1.34. The van der Waals surface area contributed by atoms with Crippen molar-refractivity contribution in [3.8, 4) is 0 Å². The molecule has 0 radical (unpaired) electrons.